The molecule has 0 saturated carbocycles. The summed E-state index contributed by atoms with van der Waals surface area (Å²) in [5.41, 5.74) is -3.99. The predicted molar refractivity (Wildman–Crippen MR) is 76.7 cm³/mol. The Hall–Kier alpha value is -1.00. The van der Waals surface area contributed by atoms with Crippen molar-refractivity contribution >= 4 is 27.5 Å². The van der Waals surface area contributed by atoms with Crippen molar-refractivity contribution in [3.05, 3.63) is 18.5 Å². The number of thioether (sulfide) groups is 1. The van der Waals surface area contributed by atoms with Crippen molar-refractivity contribution in [2.75, 3.05) is 24.2 Å². The number of rotatable bonds is 8. The van der Waals surface area contributed by atoms with Gasteiger partial charge in [-0.2, -0.15) is 13.2 Å². The normalized spacial score (nSPS) is 12.4. The highest BCUT2D eigenvalue weighted by atomic mass is 32.2. The smallest absolute Gasteiger partial charge is 0.384 e. The van der Waals surface area contributed by atoms with E-state index in [4.69, 9.17) is 0 Å². The molecule has 21 heavy (non-hydrogen) atoms. The van der Waals surface area contributed by atoms with Crippen LogP contribution in [-0.2, 0) is 10.0 Å². The summed E-state index contributed by atoms with van der Waals surface area (Å²) in [4.78, 5) is 3.67. The van der Waals surface area contributed by atoms with E-state index in [2.05, 4.69) is 15.0 Å². The third-order valence-corrected chi connectivity index (χ3v) is 4.52. The van der Waals surface area contributed by atoms with Gasteiger partial charge in [0.1, 0.15) is 4.90 Å². The topological polar surface area (TPSA) is 71.1 Å². The first-order valence-corrected chi connectivity index (χ1v) is 8.61. The number of hydrogen-bond donors (Lipinski definition) is 2. The van der Waals surface area contributed by atoms with Gasteiger partial charge in [-0.3, -0.25) is 4.98 Å². The Morgan fingerprint density at radius 1 is 1.33 bits per heavy atom. The number of pyridine rings is 1. The Morgan fingerprint density at radius 3 is 2.67 bits per heavy atom. The molecule has 0 saturated heterocycles. The number of nitrogens with zero attached hydrogens (tertiary/aromatic N) is 1. The van der Waals surface area contributed by atoms with Gasteiger partial charge >= 0.3 is 5.51 Å². The van der Waals surface area contributed by atoms with Crippen molar-refractivity contribution in [2.45, 2.75) is 23.7 Å². The summed E-state index contributed by atoms with van der Waals surface area (Å²) in [7, 11) is -3.89. The zero-order chi connectivity index (χ0) is 15.9. The standard InChI is InChI=1S/C11H16F3N3O2S2/c1-2-4-16-9-3-5-15-8-10(9)21(18,19)17-6-7-20-11(12,13)14/h3,5,8,17H,2,4,6-7H2,1H3,(H,15,16). The molecule has 0 aliphatic rings. The van der Waals surface area contributed by atoms with Crippen molar-refractivity contribution < 1.29 is 21.6 Å². The molecule has 1 heterocycles. The molecule has 10 heteroatoms. The number of anilines is 1. The molecule has 1 aromatic heterocycles. The molecule has 1 aromatic rings. The molecule has 0 radical (unpaired) electrons. The minimum Gasteiger partial charge on any atom is -0.384 e. The van der Waals surface area contributed by atoms with E-state index in [0.717, 1.165) is 12.6 Å². The van der Waals surface area contributed by atoms with E-state index in [1.165, 1.54) is 12.3 Å². The first-order chi connectivity index (χ1) is 9.76. The van der Waals surface area contributed by atoms with Crippen LogP contribution >= 0.6 is 11.8 Å². The van der Waals surface area contributed by atoms with Gasteiger partial charge in [0, 0.05) is 31.2 Å². The Kier molecular flexibility index (Phi) is 6.75. The van der Waals surface area contributed by atoms with E-state index < -0.39 is 15.5 Å². The van der Waals surface area contributed by atoms with Crippen LogP contribution in [0.2, 0.25) is 0 Å². The van der Waals surface area contributed by atoms with Crippen LogP contribution in [0.5, 0.6) is 0 Å². The molecular formula is C11H16F3N3O2S2. The molecule has 0 atom stereocenters. The molecular weight excluding hydrogens is 327 g/mol. The minimum absolute atomic E-state index is 0.0736. The molecule has 2 N–H and O–H groups in total. The Balaban J connectivity index is 2.70. The third-order valence-electron chi connectivity index (χ3n) is 2.30. The zero-order valence-corrected chi connectivity index (χ0v) is 12.9. The van der Waals surface area contributed by atoms with Crippen LogP contribution in [0.25, 0.3) is 0 Å². The molecule has 0 amide bonds. The fourth-order valence-corrected chi connectivity index (χ4v) is 3.14. The van der Waals surface area contributed by atoms with Crippen LogP contribution in [0.4, 0.5) is 18.9 Å². The highest BCUT2D eigenvalue weighted by Crippen LogP contribution is 2.29. The summed E-state index contributed by atoms with van der Waals surface area (Å²) >= 11 is -0.271. The van der Waals surface area contributed by atoms with Gasteiger partial charge in [-0.15, -0.1) is 0 Å². The lowest BCUT2D eigenvalue weighted by atomic mass is 10.4. The zero-order valence-electron chi connectivity index (χ0n) is 11.3. The van der Waals surface area contributed by atoms with Crippen molar-refractivity contribution in [1.82, 2.24) is 9.71 Å². The van der Waals surface area contributed by atoms with Gasteiger partial charge in [0.05, 0.1) is 5.69 Å². The molecule has 0 aliphatic heterocycles. The monoisotopic (exact) mass is 343 g/mol. The maximum atomic E-state index is 12.1. The fourth-order valence-electron chi connectivity index (χ4n) is 1.42. The van der Waals surface area contributed by atoms with Gasteiger partial charge in [0.15, 0.2) is 0 Å². The number of halogens is 3. The fraction of sp³-hybridized carbons (Fsp3) is 0.545. The second kappa shape index (κ2) is 7.85. The average Bonchev–Trinajstić information content (AvgIpc) is 2.41. The van der Waals surface area contributed by atoms with Gasteiger partial charge in [0.25, 0.3) is 0 Å². The molecule has 0 aromatic carbocycles. The molecule has 0 spiro atoms. The minimum atomic E-state index is -4.37. The molecule has 5 nitrogen and oxygen atoms in total. The van der Waals surface area contributed by atoms with E-state index in [9.17, 15) is 21.6 Å². The van der Waals surface area contributed by atoms with Gasteiger partial charge < -0.3 is 5.32 Å². The maximum Gasteiger partial charge on any atom is 0.441 e. The number of alkyl halides is 3. The highest BCUT2D eigenvalue weighted by Gasteiger charge is 2.28. The van der Waals surface area contributed by atoms with E-state index in [0.29, 0.717) is 12.2 Å². The predicted octanol–water partition coefficient (Wildman–Crippen LogP) is 2.43. The number of hydrogen-bond acceptors (Lipinski definition) is 5. The number of aromatic nitrogens is 1. The van der Waals surface area contributed by atoms with Crippen LogP contribution in [-0.4, -0.2) is 37.8 Å². The average molecular weight is 343 g/mol. The van der Waals surface area contributed by atoms with Crippen molar-refractivity contribution in [3.63, 3.8) is 0 Å². The second-order valence-electron chi connectivity index (χ2n) is 3.99. The lowest BCUT2D eigenvalue weighted by molar-refractivity contribution is -0.0327. The molecule has 0 unspecified atom stereocenters. The van der Waals surface area contributed by atoms with Crippen LogP contribution in [0.3, 0.4) is 0 Å². The summed E-state index contributed by atoms with van der Waals surface area (Å²) in [6.07, 6.45) is 3.41. The van der Waals surface area contributed by atoms with E-state index in [1.54, 1.807) is 0 Å². The highest BCUT2D eigenvalue weighted by molar-refractivity contribution is 8.00. The summed E-state index contributed by atoms with van der Waals surface area (Å²) in [5, 5.41) is 2.94. The maximum absolute atomic E-state index is 12.1. The summed E-state index contributed by atoms with van der Waals surface area (Å²) in [6, 6.07) is 1.51. The largest absolute Gasteiger partial charge is 0.441 e. The summed E-state index contributed by atoms with van der Waals surface area (Å²) in [6.45, 7) is 2.19. The number of nitrogens with one attached hydrogen (secondary N) is 2. The van der Waals surface area contributed by atoms with Crippen molar-refractivity contribution in [3.8, 4) is 0 Å². The van der Waals surface area contributed by atoms with Gasteiger partial charge in [-0.05, 0) is 24.2 Å². The molecule has 0 fully saturated rings. The lowest BCUT2D eigenvalue weighted by Gasteiger charge is -2.12. The van der Waals surface area contributed by atoms with Crippen molar-refractivity contribution in [2.24, 2.45) is 0 Å². The van der Waals surface area contributed by atoms with Crippen LogP contribution in [0.1, 0.15) is 13.3 Å². The second-order valence-corrected chi connectivity index (χ2v) is 6.89. The Labute approximate surface area is 125 Å². The van der Waals surface area contributed by atoms with Crippen LogP contribution < -0.4 is 10.0 Å². The van der Waals surface area contributed by atoms with Crippen molar-refractivity contribution in [1.29, 1.82) is 0 Å². The van der Waals surface area contributed by atoms with Crippen LogP contribution in [0, 0.1) is 0 Å². The Bertz CT molecular complexity index is 550. The molecule has 1 rings (SSSR count). The van der Waals surface area contributed by atoms with Gasteiger partial charge in [0.2, 0.25) is 10.0 Å². The molecule has 0 bridgehead atoms. The van der Waals surface area contributed by atoms with Crippen LogP contribution in [0.15, 0.2) is 23.4 Å². The molecule has 0 aliphatic carbocycles. The first-order valence-electron chi connectivity index (χ1n) is 6.14. The summed E-state index contributed by atoms with van der Waals surface area (Å²) < 4.78 is 62.2. The first kappa shape index (κ1) is 18.1. The SMILES string of the molecule is CCCNc1ccncc1S(=O)(=O)NCCSC(F)(F)F. The molecule has 120 valence electrons. The van der Waals surface area contributed by atoms with E-state index in [1.807, 2.05) is 6.92 Å². The summed E-state index contributed by atoms with van der Waals surface area (Å²) in [5.74, 6) is -0.388. The third kappa shape index (κ3) is 6.53. The van der Waals surface area contributed by atoms with E-state index in [-0.39, 0.29) is 29.0 Å². The Morgan fingerprint density at radius 2 is 2.05 bits per heavy atom. The quantitative estimate of drug-likeness (QED) is 0.710. The van der Waals surface area contributed by atoms with E-state index >= 15 is 0 Å². The van der Waals surface area contributed by atoms with Gasteiger partial charge in [-0.25, -0.2) is 13.1 Å². The number of sulfonamides is 1. The lowest BCUT2D eigenvalue weighted by Crippen LogP contribution is -2.27. The van der Waals surface area contributed by atoms with Gasteiger partial charge in [-0.1, -0.05) is 6.92 Å².